The molecule has 0 bridgehead atoms. The highest BCUT2D eigenvalue weighted by molar-refractivity contribution is 9.10. The molecule has 0 amide bonds. The minimum absolute atomic E-state index is 0.0155. The number of rotatable bonds is 5. The molecule has 0 unspecified atom stereocenters. The minimum Gasteiger partial charge on any atom is -0.436 e. The molecular weight excluding hydrogens is 330 g/mol. The van der Waals surface area contributed by atoms with Crippen molar-refractivity contribution in [2.45, 2.75) is 13.3 Å². The van der Waals surface area contributed by atoms with Gasteiger partial charge < -0.3 is 10.1 Å². The van der Waals surface area contributed by atoms with Crippen molar-refractivity contribution >= 4 is 21.7 Å². The summed E-state index contributed by atoms with van der Waals surface area (Å²) in [5.41, 5.74) is 0. The van der Waals surface area contributed by atoms with Gasteiger partial charge in [-0.15, -0.1) is 0 Å². The van der Waals surface area contributed by atoms with E-state index >= 15 is 0 Å². The van der Waals surface area contributed by atoms with Crippen LogP contribution in [0.5, 0.6) is 11.6 Å². The normalized spacial score (nSPS) is 10.4. The lowest BCUT2D eigenvalue weighted by molar-refractivity contribution is 0.417. The fourth-order valence-corrected chi connectivity index (χ4v) is 1.91. The number of nitrogens with zero attached hydrogens (tertiary/aromatic N) is 1. The molecule has 2 rings (SSSR count). The third-order valence-electron chi connectivity index (χ3n) is 2.45. The summed E-state index contributed by atoms with van der Waals surface area (Å²) in [4.78, 5) is 3.84. The van der Waals surface area contributed by atoms with Crippen molar-refractivity contribution in [3.8, 4) is 11.6 Å². The highest BCUT2D eigenvalue weighted by Gasteiger charge is 2.13. The number of benzene rings is 1. The smallest absolute Gasteiger partial charge is 0.258 e. The summed E-state index contributed by atoms with van der Waals surface area (Å²) in [6, 6.07) is 7.66. The molecule has 1 aromatic heterocycles. The summed E-state index contributed by atoms with van der Waals surface area (Å²) in [6.45, 7) is 2.49. The van der Waals surface area contributed by atoms with E-state index in [1.807, 2.05) is 13.0 Å². The molecule has 3 nitrogen and oxygen atoms in total. The second kappa shape index (κ2) is 6.65. The molecule has 1 heterocycles. The fraction of sp³-hybridized carbons (Fsp3) is 0.214. The van der Waals surface area contributed by atoms with E-state index in [9.17, 15) is 8.78 Å². The maximum absolute atomic E-state index is 13.7. The lowest BCUT2D eigenvalue weighted by atomic mass is 10.3. The Morgan fingerprint density at radius 2 is 2.05 bits per heavy atom. The molecule has 0 aliphatic rings. The van der Waals surface area contributed by atoms with E-state index in [2.05, 4.69) is 26.2 Å². The number of aromatic nitrogens is 1. The molecule has 0 fully saturated rings. The van der Waals surface area contributed by atoms with E-state index in [0.29, 0.717) is 12.3 Å². The highest BCUT2D eigenvalue weighted by Crippen LogP contribution is 2.27. The van der Waals surface area contributed by atoms with Crippen molar-refractivity contribution in [3.63, 3.8) is 0 Å². The zero-order valence-corrected chi connectivity index (χ0v) is 12.4. The molecule has 0 radical (unpaired) electrons. The van der Waals surface area contributed by atoms with E-state index < -0.39 is 11.6 Å². The summed E-state index contributed by atoms with van der Waals surface area (Å²) in [7, 11) is 0. The molecule has 1 N–H and O–H groups in total. The zero-order valence-electron chi connectivity index (χ0n) is 10.8. The van der Waals surface area contributed by atoms with Gasteiger partial charge in [-0.1, -0.05) is 28.9 Å². The number of ether oxygens (including phenoxy) is 1. The van der Waals surface area contributed by atoms with Crippen LogP contribution in [0.25, 0.3) is 0 Å². The molecule has 0 spiro atoms. The molecule has 0 atom stereocenters. The topological polar surface area (TPSA) is 34.2 Å². The first kappa shape index (κ1) is 14.7. The van der Waals surface area contributed by atoms with Gasteiger partial charge in [-0.2, -0.15) is 4.98 Å². The first-order valence-corrected chi connectivity index (χ1v) is 6.92. The maximum Gasteiger partial charge on any atom is 0.258 e. The molecular formula is C14H13BrF2N2O. The van der Waals surface area contributed by atoms with E-state index in [4.69, 9.17) is 4.74 Å². The summed E-state index contributed by atoms with van der Waals surface area (Å²) >= 11 is 3.29. The Morgan fingerprint density at radius 3 is 2.75 bits per heavy atom. The van der Waals surface area contributed by atoms with Crippen LogP contribution in [0.4, 0.5) is 14.6 Å². The quantitative estimate of drug-likeness (QED) is 0.852. The highest BCUT2D eigenvalue weighted by atomic mass is 79.9. The van der Waals surface area contributed by atoms with Crippen molar-refractivity contribution in [2.75, 3.05) is 11.9 Å². The average molecular weight is 343 g/mol. The lowest BCUT2D eigenvalue weighted by Gasteiger charge is -2.10. The van der Waals surface area contributed by atoms with Gasteiger partial charge in [-0.3, -0.25) is 0 Å². The van der Waals surface area contributed by atoms with Crippen LogP contribution >= 0.6 is 15.9 Å². The third kappa shape index (κ3) is 3.66. The maximum atomic E-state index is 13.7. The first-order valence-electron chi connectivity index (χ1n) is 6.13. The van der Waals surface area contributed by atoms with Crippen molar-refractivity contribution in [1.82, 2.24) is 4.98 Å². The average Bonchev–Trinajstić information content (AvgIpc) is 2.40. The predicted molar refractivity (Wildman–Crippen MR) is 77.1 cm³/mol. The van der Waals surface area contributed by atoms with Gasteiger partial charge >= 0.3 is 0 Å². The van der Waals surface area contributed by atoms with Gasteiger partial charge in [0.1, 0.15) is 5.75 Å². The van der Waals surface area contributed by atoms with E-state index in [-0.39, 0.29) is 11.7 Å². The Morgan fingerprint density at radius 1 is 1.25 bits per heavy atom. The van der Waals surface area contributed by atoms with E-state index in [1.54, 1.807) is 18.2 Å². The van der Waals surface area contributed by atoms with Crippen LogP contribution in [0.2, 0.25) is 0 Å². The van der Waals surface area contributed by atoms with Crippen LogP contribution in [0.3, 0.4) is 0 Å². The van der Waals surface area contributed by atoms with Gasteiger partial charge in [0.2, 0.25) is 0 Å². The molecule has 6 heteroatoms. The molecule has 20 heavy (non-hydrogen) atoms. The first-order chi connectivity index (χ1) is 9.60. The van der Waals surface area contributed by atoms with Crippen molar-refractivity contribution in [1.29, 1.82) is 0 Å². The minimum atomic E-state index is -0.843. The number of nitrogens with one attached hydrogen (secondary N) is 1. The number of pyridine rings is 1. The van der Waals surface area contributed by atoms with Crippen LogP contribution in [-0.4, -0.2) is 11.5 Å². The van der Waals surface area contributed by atoms with Crippen LogP contribution in [0, 0.1) is 11.6 Å². The number of hydrogen-bond donors (Lipinski definition) is 1. The molecule has 1 aromatic carbocycles. The SMILES string of the molecule is CCCNc1nc(Oc2cccc(Br)c2)c(F)cc1F. The Labute approximate surface area is 124 Å². The number of anilines is 1. The second-order valence-corrected chi connectivity index (χ2v) is 5.01. The molecule has 106 valence electrons. The zero-order chi connectivity index (χ0) is 14.5. The van der Waals surface area contributed by atoms with Gasteiger partial charge in [-0.25, -0.2) is 8.78 Å². The summed E-state index contributed by atoms with van der Waals surface area (Å²) in [5, 5.41) is 2.79. The van der Waals surface area contributed by atoms with E-state index in [0.717, 1.165) is 17.0 Å². The lowest BCUT2D eigenvalue weighted by Crippen LogP contribution is -2.06. The fourth-order valence-electron chi connectivity index (χ4n) is 1.53. The molecule has 0 saturated carbocycles. The monoisotopic (exact) mass is 342 g/mol. The van der Waals surface area contributed by atoms with Gasteiger partial charge in [0, 0.05) is 17.1 Å². The Kier molecular flexibility index (Phi) is 4.89. The van der Waals surface area contributed by atoms with E-state index in [1.165, 1.54) is 0 Å². The Bertz CT molecular complexity index is 608. The standard InChI is InChI=1S/C14H13BrF2N2O/c1-2-6-18-13-11(16)8-12(17)14(19-13)20-10-5-3-4-9(15)7-10/h3-5,7-8H,2,6H2,1H3,(H,18,19). The van der Waals surface area contributed by atoms with Gasteiger partial charge in [0.25, 0.3) is 5.88 Å². The summed E-state index contributed by atoms with van der Waals surface area (Å²) < 4.78 is 33.3. The Balaban J connectivity index is 2.26. The second-order valence-electron chi connectivity index (χ2n) is 4.09. The van der Waals surface area contributed by atoms with Crippen LogP contribution in [-0.2, 0) is 0 Å². The number of hydrogen-bond acceptors (Lipinski definition) is 3. The summed E-state index contributed by atoms with van der Waals surface area (Å²) in [6.07, 6.45) is 0.806. The Hall–Kier alpha value is -1.69. The number of halogens is 3. The molecule has 0 aliphatic heterocycles. The molecule has 0 aliphatic carbocycles. The van der Waals surface area contributed by atoms with Crippen molar-refractivity contribution < 1.29 is 13.5 Å². The summed E-state index contributed by atoms with van der Waals surface area (Å²) in [5.74, 6) is -1.44. The van der Waals surface area contributed by atoms with Crippen LogP contribution < -0.4 is 10.1 Å². The van der Waals surface area contributed by atoms with Gasteiger partial charge in [-0.05, 0) is 24.6 Å². The van der Waals surface area contributed by atoms with Gasteiger partial charge in [0.05, 0.1) is 0 Å². The predicted octanol–water partition coefficient (Wildman–Crippen LogP) is 4.74. The van der Waals surface area contributed by atoms with Crippen LogP contribution in [0.15, 0.2) is 34.8 Å². The largest absolute Gasteiger partial charge is 0.436 e. The van der Waals surface area contributed by atoms with Crippen molar-refractivity contribution in [3.05, 3.63) is 46.4 Å². The third-order valence-corrected chi connectivity index (χ3v) is 2.94. The van der Waals surface area contributed by atoms with Crippen LogP contribution in [0.1, 0.15) is 13.3 Å². The molecule has 0 saturated heterocycles. The van der Waals surface area contributed by atoms with Crippen molar-refractivity contribution in [2.24, 2.45) is 0 Å². The van der Waals surface area contributed by atoms with Gasteiger partial charge in [0.15, 0.2) is 17.5 Å². The molecule has 2 aromatic rings.